The summed E-state index contributed by atoms with van der Waals surface area (Å²) in [6.45, 7) is 7.32. The minimum absolute atomic E-state index is 0.106. The second kappa shape index (κ2) is 9.92. The molecule has 3 aromatic rings. The molecule has 1 amide bonds. The number of benzene rings is 2. The molecule has 4 rings (SSSR count). The number of nitrogens with zero attached hydrogens (tertiary/aromatic N) is 3. The van der Waals surface area contributed by atoms with Crippen molar-refractivity contribution in [2.75, 3.05) is 17.8 Å². The van der Waals surface area contributed by atoms with Crippen molar-refractivity contribution < 1.29 is 17.9 Å². The quantitative estimate of drug-likeness (QED) is 0.512. The van der Waals surface area contributed by atoms with Crippen LogP contribution in [0.2, 0.25) is 0 Å². The van der Waals surface area contributed by atoms with Crippen LogP contribution in [-0.4, -0.2) is 37.4 Å². The Balaban J connectivity index is 1.47. The fourth-order valence-electron chi connectivity index (χ4n) is 4.48. The molecule has 1 aliphatic heterocycles. The normalized spacial score (nSPS) is 14.5. The number of H-pyrrole nitrogens is 1. The van der Waals surface area contributed by atoms with Crippen molar-refractivity contribution in [3.05, 3.63) is 76.6 Å². The summed E-state index contributed by atoms with van der Waals surface area (Å²) >= 11 is 0. The number of amides is 1. The van der Waals surface area contributed by atoms with Crippen LogP contribution in [0.5, 0.6) is 0 Å². The van der Waals surface area contributed by atoms with E-state index in [1.54, 1.807) is 36.0 Å². The van der Waals surface area contributed by atoms with Gasteiger partial charge in [0, 0.05) is 18.7 Å². The summed E-state index contributed by atoms with van der Waals surface area (Å²) in [5.41, 5.74) is 3.97. The van der Waals surface area contributed by atoms with Gasteiger partial charge in [-0.3, -0.25) is 9.52 Å². The van der Waals surface area contributed by atoms with Gasteiger partial charge < -0.3 is 4.90 Å². The summed E-state index contributed by atoms with van der Waals surface area (Å²) in [7, 11) is -3.81. The lowest BCUT2D eigenvalue weighted by molar-refractivity contribution is -0.748. The van der Waals surface area contributed by atoms with E-state index in [0.29, 0.717) is 48.1 Å². The molecule has 1 saturated heterocycles. The Labute approximate surface area is 206 Å². The van der Waals surface area contributed by atoms with E-state index >= 15 is 0 Å². The van der Waals surface area contributed by atoms with Gasteiger partial charge in [0.05, 0.1) is 23.0 Å². The molecule has 182 valence electrons. The lowest BCUT2D eigenvalue weighted by Gasteiger charge is -2.32. The number of anilines is 1. The van der Waals surface area contributed by atoms with Crippen LogP contribution in [0.1, 0.15) is 58.4 Å². The third-order valence-corrected chi connectivity index (χ3v) is 8.09. The zero-order chi connectivity index (χ0) is 25.2. The van der Waals surface area contributed by atoms with E-state index in [1.807, 2.05) is 43.0 Å². The van der Waals surface area contributed by atoms with Crippen molar-refractivity contribution in [3.63, 3.8) is 0 Å². The van der Waals surface area contributed by atoms with E-state index in [0.717, 1.165) is 18.4 Å². The number of hydrogen-bond donors (Lipinski definition) is 2. The number of carbonyl (C=O) groups excluding carboxylic acids is 1. The number of nitrogens with one attached hydrogen (secondary N) is 2. The van der Waals surface area contributed by atoms with Crippen LogP contribution in [0, 0.1) is 25.2 Å². The molecule has 35 heavy (non-hydrogen) atoms. The van der Waals surface area contributed by atoms with Gasteiger partial charge in [-0.2, -0.15) is 10.4 Å². The summed E-state index contributed by atoms with van der Waals surface area (Å²) in [6.07, 6.45) is 3.25. The van der Waals surface area contributed by atoms with Crippen molar-refractivity contribution in [2.24, 2.45) is 0 Å². The molecule has 0 bridgehead atoms. The highest BCUT2D eigenvalue weighted by Gasteiger charge is 2.27. The first-order valence-electron chi connectivity index (χ1n) is 11.7. The van der Waals surface area contributed by atoms with Gasteiger partial charge in [0.15, 0.2) is 11.4 Å². The van der Waals surface area contributed by atoms with Gasteiger partial charge in [-0.05, 0) is 74.9 Å². The number of sulfonamides is 1. The molecule has 0 atom stereocenters. The highest BCUT2D eigenvalue weighted by molar-refractivity contribution is 7.92. The Hall–Kier alpha value is -3.64. The molecule has 2 heterocycles. The van der Waals surface area contributed by atoms with Crippen LogP contribution in [0.3, 0.4) is 0 Å². The lowest BCUT2D eigenvalue weighted by Crippen LogP contribution is -2.38. The number of aryl methyl sites for hydroxylation is 3. The number of likely N-dealkylation sites (tertiary alicyclic amines) is 1. The Kier molecular flexibility index (Phi) is 6.94. The molecule has 0 unspecified atom stereocenters. The molecule has 2 aromatic carbocycles. The maximum Gasteiger partial charge on any atom is 0.269 e. The first kappa shape index (κ1) is 24.5. The van der Waals surface area contributed by atoms with Gasteiger partial charge in [0.25, 0.3) is 15.9 Å². The summed E-state index contributed by atoms with van der Waals surface area (Å²) in [6, 6.07) is 14.9. The van der Waals surface area contributed by atoms with Crippen molar-refractivity contribution in [1.29, 1.82) is 5.26 Å². The van der Waals surface area contributed by atoms with Gasteiger partial charge in [0.2, 0.25) is 6.20 Å². The van der Waals surface area contributed by atoms with E-state index in [-0.39, 0.29) is 10.8 Å². The fourth-order valence-corrected chi connectivity index (χ4v) is 5.81. The topological polar surface area (TPSA) is 110 Å². The highest BCUT2D eigenvalue weighted by atomic mass is 32.2. The van der Waals surface area contributed by atoms with Gasteiger partial charge in [-0.1, -0.05) is 18.2 Å². The molecule has 0 spiro atoms. The van der Waals surface area contributed by atoms with Crippen LogP contribution in [0.15, 0.2) is 53.6 Å². The van der Waals surface area contributed by atoms with E-state index in [2.05, 4.69) is 15.9 Å². The van der Waals surface area contributed by atoms with Crippen LogP contribution in [-0.2, 0) is 16.6 Å². The average Bonchev–Trinajstić information content (AvgIpc) is 3.27. The molecule has 1 aromatic heterocycles. The number of aromatic nitrogens is 2. The largest absolute Gasteiger partial charge is 0.339 e. The van der Waals surface area contributed by atoms with Crippen molar-refractivity contribution in [2.45, 2.75) is 51.0 Å². The van der Waals surface area contributed by atoms with Crippen LogP contribution in [0.4, 0.5) is 5.69 Å². The summed E-state index contributed by atoms with van der Waals surface area (Å²) in [4.78, 5) is 15.2. The van der Waals surface area contributed by atoms with Crippen LogP contribution in [0.25, 0.3) is 0 Å². The van der Waals surface area contributed by atoms with E-state index < -0.39 is 10.0 Å². The summed E-state index contributed by atoms with van der Waals surface area (Å²) < 4.78 is 30.4. The first-order chi connectivity index (χ1) is 16.7. The number of aromatic amines is 1. The van der Waals surface area contributed by atoms with Gasteiger partial charge >= 0.3 is 0 Å². The zero-order valence-electron chi connectivity index (χ0n) is 20.2. The maximum absolute atomic E-state index is 13.2. The first-order valence-corrected chi connectivity index (χ1v) is 13.2. The number of hydrogen-bond acceptors (Lipinski definition) is 4. The lowest BCUT2D eigenvalue weighted by atomic mass is 9.89. The van der Waals surface area contributed by atoms with E-state index in [9.17, 15) is 13.2 Å². The van der Waals surface area contributed by atoms with E-state index in [1.165, 1.54) is 5.56 Å². The minimum Gasteiger partial charge on any atom is -0.339 e. The summed E-state index contributed by atoms with van der Waals surface area (Å²) in [5, 5.41) is 12.0. The third kappa shape index (κ3) is 5.23. The summed E-state index contributed by atoms with van der Waals surface area (Å²) in [5.74, 6) is 0.244. The third-order valence-electron chi connectivity index (χ3n) is 6.61. The fraction of sp³-hybridized carbons (Fsp3) is 0.346. The predicted octanol–water partition coefficient (Wildman–Crippen LogP) is 3.63. The SMILES string of the molecule is CC[n+]1cc(S(=O)(=O)Nc2cc(C(=O)N3CCC(c4ccc(C#N)cc4)CC3)ccc2C)c(C)[nH]1. The van der Waals surface area contributed by atoms with Gasteiger partial charge in [0.1, 0.15) is 0 Å². The molecule has 8 nitrogen and oxygen atoms in total. The number of piperidine rings is 1. The monoisotopic (exact) mass is 492 g/mol. The van der Waals surface area contributed by atoms with Crippen molar-refractivity contribution >= 4 is 21.6 Å². The Morgan fingerprint density at radius 1 is 1.17 bits per heavy atom. The molecule has 1 fully saturated rings. The molecular formula is C26H30N5O3S+. The molecule has 0 saturated carbocycles. The molecule has 9 heteroatoms. The molecule has 0 radical (unpaired) electrons. The predicted molar refractivity (Wildman–Crippen MR) is 132 cm³/mol. The van der Waals surface area contributed by atoms with Gasteiger partial charge in [-0.25, -0.2) is 8.42 Å². The standard InChI is InChI=1S/C26H29N5O3S/c1-4-31-17-25(19(3)28-31)35(33,34)29-24-15-23(8-5-18(24)2)26(32)30-13-11-22(12-14-30)21-9-6-20(16-27)7-10-21/h5-10,15,17,22,29H,4,11-14H2,1-3H3/p+1. The smallest absolute Gasteiger partial charge is 0.269 e. The molecule has 0 aliphatic carbocycles. The minimum atomic E-state index is -3.81. The van der Waals surface area contributed by atoms with Crippen molar-refractivity contribution in [3.8, 4) is 6.07 Å². The Bertz CT molecular complexity index is 1380. The zero-order valence-corrected chi connectivity index (χ0v) is 21.0. The van der Waals surface area contributed by atoms with Crippen molar-refractivity contribution in [1.82, 2.24) is 10.00 Å². The molecular weight excluding hydrogens is 462 g/mol. The Morgan fingerprint density at radius 2 is 1.86 bits per heavy atom. The number of rotatable bonds is 6. The second-order valence-electron chi connectivity index (χ2n) is 8.95. The average molecular weight is 493 g/mol. The molecule has 2 N–H and O–H groups in total. The maximum atomic E-state index is 13.2. The van der Waals surface area contributed by atoms with Gasteiger partial charge in [-0.15, -0.1) is 4.68 Å². The highest BCUT2D eigenvalue weighted by Crippen LogP contribution is 2.29. The molecule has 1 aliphatic rings. The second-order valence-corrected chi connectivity index (χ2v) is 10.6. The number of nitriles is 1. The number of carbonyl (C=O) groups is 1. The van der Waals surface area contributed by atoms with Crippen LogP contribution >= 0.6 is 0 Å². The van der Waals surface area contributed by atoms with Crippen LogP contribution < -0.4 is 9.40 Å². The Morgan fingerprint density at radius 3 is 2.46 bits per heavy atom. The van der Waals surface area contributed by atoms with E-state index in [4.69, 9.17) is 5.26 Å².